The van der Waals surface area contributed by atoms with Crippen molar-refractivity contribution in [3.63, 3.8) is 0 Å². The maximum Gasteiger partial charge on any atom is 0.255 e. The Morgan fingerprint density at radius 2 is 1.70 bits per heavy atom. The summed E-state index contributed by atoms with van der Waals surface area (Å²) in [4.78, 5) is 34.8. The summed E-state index contributed by atoms with van der Waals surface area (Å²) in [6, 6.07) is 12.2. The van der Waals surface area contributed by atoms with E-state index in [1.54, 1.807) is 6.20 Å². The molecule has 3 aliphatic rings. The summed E-state index contributed by atoms with van der Waals surface area (Å²) in [7, 11) is 0. The zero-order chi connectivity index (χ0) is 22.9. The first-order chi connectivity index (χ1) is 16.0. The first kappa shape index (κ1) is 22.1. The van der Waals surface area contributed by atoms with Crippen molar-refractivity contribution in [3.8, 4) is 0 Å². The maximum absolute atomic E-state index is 13.2. The summed E-state index contributed by atoms with van der Waals surface area (Å²) in [6.45, 7) is 7.72. The maximum atomic E-state index is 13.2. The Balaban J connectivity index is 1.16. The van der Waals surface area contributed by atoms with Crippen LogP contribution in [0.1, 0.15) is 57.7 Å². The van der Waals surface area contributed by atoms with Crippen molar-refractivity contribution >= 4 is 11.8 Å². The van der Waals surface area contributed by atoms with Crippen molar-refractivity contribution < 1.29 is 9.59 Å². The first-order valence-corrected chi connectivity index (χ1v) is 12.3. The number of nitrogens with zero attached hydrogens (tertiary/aromatic N) is 3. The van der Waals surface area contributed by atoms with E-state index in [1.165, 1.54) is 6.42 Å². The molecule has 1 aliphatic carbocycles. The molecule has 6 nitrogen and oxygen atoms in total. The number of aromatic nitrogens is 1. The monoisotopic (exact) mass is 446 g/mol. The summed E-state index contributed by atoms with van der Waals surface area (Å²) in [6.07, 6.45) is 6.21. The van der Waals surface area contributed by atoms with Gasteiger partial charge in [0.05, 0.1) is 11.3 Å². The van der Waals surface area contributed by atoms with Crippen LogP contribution < -0.4 is 5.32 Å². The highest BCUT2D eigenvalue weighted by Gasteiger charge is 2.44. The molecule has 2 amide bonds. The van der Waals surface area contributed by atoms with Gasteiger partial charge in [-0.25, -0.2) is 0 Å². The molecule has 2 saturated heterocycles. The molecular formula is C27H34N4O2. The van der Waals surface area contributed by atoms with Crippen LogP contribution in [0.4, 0.5) is 0 Å². The fourth-order valence-electron chi connectivity index (χ4n) is 6.15. The Kier molecular flexibility index (Phi) is 6.19. The highest BCUT2D eigenvalue weighted by molar-refractivity contribution is 5.97. The molecular weight excluding hydrogens is 412 g/mol. The minimum Gasteiger partial charge on any atom is -0.349 e. The second-order valence-electron chi connectivity index (χ2n) is 10.1. The first-order valence-electron chi connectivity index (χ1n) is 12.3. The fourth-order valence-corrected chi connectivity index (χ4v) is 6.15. The Morgan fingerprint density at radius 3 is 2.39 bits per heavy atom. The third-order valence-corrected chi connectivity index (χ3v) is 7.90. The number of carbonyl (C=O) groups excluding carboxylic acids is 2. The number of amides is 2. The Morgan fingerprint density at radius 1 is 0.970 bits per heavy atom. The van der Waals surface area contributed by atoms with Crippen LogP contribution >= 0.6 is 0 Å². The van der Waals surface area contributed by atoms with Crippen LogP contribution in [0.25, 0.3) is 0 Å². The summed E-state index contributed by atoms with van der Waals surface area (Å²) < 4.78 is 0. The molecule has 4 unspecified atom stereocenters. The zero-order valence-electron chi connectivity index (χ0n) is 19.7. The van der Waals surface area contributed by atoms with Crippen molar-refractivity contribution in [2.45, 2.75) is 51.6 Å². The minimum atomic E-state index is 0.0367. The Hall–Kier alpha value is -2.73. The molecule has 1 aromatic carbocycles. The molecule has 6 heteroatoms. The third-order valence-electron chi connectivity index (χ3n) is 7.90. The number of aryl methyl sites for hydroxylation is 2. The largest absolute Gasteiger partial charge is 0.349 e. The number of carbonyl (C=O) groups is 2. The lowest BCUT2D eigenvalue weighted by Gasteiger charge is -2.36. The van der Waals surface area contributed by atoms with E-state index in [-0.39, 0.29) is 17.9 Å². The lowest BCUT2D eigenvalue weighted by molar-refractivity contribution is 0.0761. The SMILES string of the molecule is Cc1ccnc(C)c1C(=O)N1CC2CN(C3CCCC(NC(=O)c4ccccc4)C3)CC2C1. The molecule has 1 N–H and O–H groups in total. The standard InChI is InChI=1S/C27H34N4O2/c1-18-11-12-28-19(2)25(18)27(33)31-16-21-14-30(15-22(21)17-31)24-10-6-9-23(13-24)29-26(32)20-7-4-3-5-8-20/h3-5,7-8,11-12,21-24H,6,9-10,13-17H2,1-2H3,(H,29,32). The number of pyridine rings is 1. The molecule has 4 atom stereocenters. The summed E-state index contributed by atoms with van der Waals surface area (Å²) in [5.74, 6) is 1.27. The highest BCUT2D eigenvalue weighted by Crippen LogP contribution is 2.36. The van der Waals surface area contributed by atoms with Gasteiger partial charge in [0.15, 0.2) is 0 Å². The van der Waals surface area contributed by atoms with Gasteiger partial charge in [-0.3, -0.25) is 19.5 Å². The number of hydrogen-bond donors (Lipinski definition) is 1. The van der Waals surface area contributed by atoms with E-state index in [0.717, 1.165) is 67.8 Å². The van der Waals surface area contributed by atoms with Gasteiger partial charge >= 0.3 is 0 Å². The molecule has 3 fully saturated rings. The number of fused-ring (bicyclic) bond motifs is 1. The van der Waals surface area contributed by atoms with Gasteiger partial charge in [-0.1, -0.05) is 18.2 Å². The van der Waals surface area contributed by atoms with E-state index in [9.17, 15) is 9.59 Å². The van der Waals surface area contributed by atoms with Gasteiger partial charge in [-0.2, -0.15) is 0 Å². The molecule has 0 spiro atoms. The predicted molar refractivity (Wildman–Crippen MR) is 128 cm³/mol. The Labute approximate surface area is 196 Å². The third kappa shape index (κ3) is 4.54. The molecule has 3 heterocycles. The van der Waals surface area contributed by atoms with Crippen LogP contribution in [0, 0.1) is 25.7 Å². The van der Waals surface area contributed by atoms with Crippen molar-refractivity contribution in [2.75, 3.05) is 26.2 Å². The van der Waals surface area contributed by atoms with Crippen LogP contribution in [0.5, 0.6) is 0 Å². The molecule has 1 saturated carbocycles. The quantitative estimate of drug-likeness (QED) is 0.781. The van der Waals surface area contributed by atoms with E-state index in [4.69, 9.17) is 0 Å². The summed E-state index contributed by atoms with van der Waals surface area (Å²) in [5.41, 5.74) is 3.35. The molecule has 0 bridgehead atoms. The van der Waals surface area contributed by atoms with Gasteiger partial charge in [0, 0.05) is 50.0 Å². The van der Waals surface area contributed by atoms with E-state index in [2.05, 4.69) is 15.2 Å². The van der Waals surface area contributed by atoms with E-state index < -0.39 is 0 Å². The fraction of sp³-hybridized carbons (Fsp3) is 0.519. The average Bonchev–Trinajstić information content (AvgIpc) is 3.39. The van der Waals surface area contributed by atoms with Gasteiger partial charge < -0.3 is 10.2 Å². The van der Waals surface area contributed by atoms with Crippen LogP contribution in [0.2, 0.25) is 0 Å². The normalized spacial score (nSPS) is 27.4. The van der Waals surface area contributed by atoms with Crippen molar-refractivity contribution in [3.05, 3.63) is 65.0 Å². The zero-order valence-corrected chi connectivity index (χ0v) is 19.7. The average molecular weight is 447 g/mol. The lowest BCUT2D eigenvalue weighted by Crippen LogP contribution is -2.46. The molecule has 33 heavy (non-hydrogen) atoms. The molecule has 1 aromatic heterocycles. The van der Waals surface area contributed by atoms with Crippen molar-refractivity contribution in [1.29, 1.82) is 0 Å². The van der Waals surface area contributed by atoms with Gasteiger partial charge in [0.1, 0.15) is 0 Å². The topological polar surface area (TPSA) is 65.5 Å². The van der Waals surface area contributed by atoms with Gasteiger partial charge in [0.25, 0.3) is 11.8 Å². The number of benzene rings is 1. The highest BCUT2D eigenvalue weighted by atomic mass is 16.2. The number of nitrogens with one attached hydrogen (secondary N) is 1. The van der Waals surface area contributed by atoms with E-state index >= 15 is 0 Å². The smallest absolute Gasteiger partial charge is 0.255 e. The van der Waals surface area contributed by atoms with Crippen LogP contribution in [-0.4, -0.2) is 64.9 Å². The number of hydrogen-bond acceptors (Lipinski definition) is 4. The van der Waals surface area contributed by atoms with Gasteiger partial charge in [0.2, 0.25) is 0 Å². The lowest BCUT2D eigenvalue weighted by atomic mass is 9.89. The molecule has 5 rings (SSSR count). The minimum absolute atomic E-state index is 0.0367. The molecule has 2 aliphatic heterocycles. The second kappa shape index (κ2) is 9.26. The molecule has 2 aromatic rings. The second-order valence-corrected chi connectivity index (χ2v) is 10.1. The van der Waals surface area contributed by atoms with Crippen molar-refractivity contribution in [2.24, 2.45) is 11.8 Å². The summed E-state index contributed by atoms with van der Waals surface area (Å²) >= 11 is 0. The predicted octanol–water partition coefficient (Wildman–Crippen LogP) is 3.44. The van der Waals surface area contributed by atoms with Gasteiger partial charge in [-0.15, -0.1) is 0 Å². The van der Waals surface area contributed by atoms with Gasteiger partial charge in [-0.05, 0) is 75.1 Å². The van der Waals surface area contributed by atoms with Crippen LogP contribution in [-0.2, 0) is 0 Å². The van der Waals surface area contributed by atoms with E-state index in [0.29, 0.717) is 17.9 Å². The Bertz CT molecular complexity index is 990. The summed E-state index contributed by atoms with van der Waals surface area (Å²) in [5, 5.41) is 3.27. The van der Waals surface area contributed by atoms with Crippen molar-refractivity contribution in [1.82, 2.24) is 20.1 Å². The van der Waals surface area contributed by atoms with Crippen LogP contribution in [0.15, 0.2) is 42.6 Å². The molecule has 174 valence electrons. The van der Waals surface area contributed by atoms with E-state index in [1.807, 2.05) is 55.1 Å². The molecule has 0 radical (unpaired) electrons. The van der Waals surface area contributed by atoms with Crippen LogP contribution in [0.3, 0.4) is 0 Å². The number of rotatable bonds is 4. The number of likely N-dealkylation sites (tertiary alicyclic amines) is 2.